The van der Waals surface area contributed by atoms with Crippen LogP contribution in [0.5, 0.6) is 0 Å². The molecule has 0 atom stereocenters. The van der Waals surface area contributed by atoms with Gasteiger partial charge in [0.05, 0.1) is 6.61 Å². The highest BCUT2D eigenvalue weighted by Gasteiger charge is 2.05. The Labute approximate surface area is 83.0 Å². The van der Waals surface area contributed by atoms with Crippen LogP contribution in [0, 0.1) is 12.3 Å². The number of halogens is 1. The van der Waals surface area contributed by atoms with Crippen LogP contribution in [0.3, 0.4) is 0 Å². The molecule has 0 saturated carbocycles. The first-order chi connectivity index (χ1) is 6.15. The predicted molar refractivity (Wildman–Crippen MR) is 54.6 cm³/mol. The SMILES string of the molecule is CCOC(=N)c1ccc(Cl)cc1C. The molecule has 0 bridgehead atoms. The summed E-state index contributed by atoms with van der Waals surface area (Å²) in [6.07, 6.45) is 0. The Balaban J connectivity index is 2.95. The first-order valence-corrected chi connectivity index (χ1v) is 4.50. The third-order valence-electron chi connectivity index (χ3n) is 1.72. The maximum Gasteiger partial charge on any atom is 0.213 e. The summed E-state index contributed by atoms with van der Waals surface area (Å²) in [5.41, 5.74) is 1.76. The van der Waals surface area contributed by atoms with Crippen molar-refractivity contribution in [2.24, 2.45) is 0 Å². The van der Waals surface area contributed by atoms with Crippen molar-refractivity contribution >= 4 is 17.5 Å². The van der Waals surface area contributed by atoms with E-state index in [1.807, 2.05) is 19.9 Å². The number of hydrogen-bond donors (Lipinski definition) is 1. The van der Waals surface area contributed by atoms with Crippen molar-refractivity contribution in [2.75, 3.05) is 6.61 Å². The van der Waals surface area contributed by atoms with Gasteiger partial charge in [-0.2, -0.15) is 0 Å². The minimum atomic E-state index is 0.205. The molecule has 0 aliphatic heterocycles. The fraction of sp³-hybridized carbons (Fsp3) is 0.300. The zero-order valence-corrected chi connectivity index (χ0v) is 8.48. The quantitative estimate of drug-likeness (QED) is 0.574. The molecule has 0 fully saturated rings. The maximum atomic E-state index is 7.58. The molecule has 1 aromatic rings. The van der Waals surface area contributed by atoms with Crippen LogP contribution in [0.1, 0.15) is 18.1 Å². The monoisotopic (exact) mass is 197 g/mol. The Kier molecular flexibility index (Phi) is 3.32. The highest BCUT2D eigenvalue weighted by molar-refractivity contribution is 6.30. The molecular formula is C10H12ClNO. The second kappa shape index (κ2) is 4.28. The topological polar surface area (TPSA) is 33.1 Å². The molecule has 0 unspecified atom stereocenters. The van der Waals surface area contributed by atoms with Crippen LogP contribution >= 0.6 is 11.6 Å². The van der Waals surface area contributed by atoms with Crippen molar-refractivity contribution in [3.8, 4) is 0 Å². The van der Waals surface area contributed by atoms with E-state index < -0.39 is 0 Å². The summed E-state index contributed by atoms with van der Waals surface area (Å²) in [6, 6.07) is 5.39. The van der Waals surface area contributed by atoms with E-state index >= 15 is 0 Å². The van der Waals surface area contributed by atoms with E-state index in [9.17, 15) is 0 Å². The molecule has 0 spiro atoms. The van der Waals surface area contributed by atoms with Gasteiger partial charge in [-0.15, -0.1) is 0 Å². The summed E-state index contributed by atoms with van der Waals surface area (Å²) < 4.78 is 5.09. The van der Waals surface area contributed by atoms with Crippen molar-refractivity contribution in [1.29, 1.82) is 5.41 Å². The average Bonchev–Trinajstić information content (AvgIpc) is 2.04. The molecule has 1 aromatic carbocycles. The van der Waals surface area contributed by atoms with E-state index in [4.69, 9.17) is 21.7 Å². The number of ether oxygens (including phenoxy) is 1. The fourth-order valence-electron chi connectivity index (χ4n) is 1.10. The fourth-order valence-corrected chi connectivity index (χ4v) is 1.33. The molecule has 0 amide bonds. The summed E-state index contributed by atoms with van der Waals surface area (Å²) in [5, 5.41) is 8.26. The van der Waals surface area contributed by atoms with Crippen LogP contribution in [0.4, 0.5) is 0 Å². The van der Waals surface area contributed by atoms with E-state index in [1.54, 1.807) is 12.1 Å². The number of aryl methyl sites for hydroxylation is 1. The molecule has 0 radical (unpaired) electrons. The Morgan fingerprint density at radius 2 is 2.23 bits per heavy atom. The lowest BCUT2D eigenvalue weighted by Crippen LogP contribution is -2.06. The van der Waals surface area contributed by atoms with Crippen molar-refractivity contribution in [3.05, 3.63) is 34.3 Å². The number of hydrogen-bond acceptors (Lipinski definition) is 2. The largest absolute Gasteiger partial charge is 0.478 e. The Bertz CT molecular complexity index is 323. The lowest BCUT2D eigenvalue weighted by molar-refractivity contribution is 0.325. The van der Waals surface area contributed by atoms with E-state index in [0.29, 0.717) is 11.6 Å². The standard InChI is InChI=1S/C10H12ClNO/c1-3-13-10(12)9-5-4-8(11)6-7(9)2/h4-6,12H,3H2,1-2H3. The first-order valence-electron chi connectivity index (χ1n) is 4.13. The zero-order valence-electron chi connectivity index (χ0n) is 7.73. The van der Waals surface area contributed by atoms with Crippen LogP contribution < -0.4 is 0 Å². The van der Waals surface area contributed by atoms with Gasteiger partial charge in [0.15, 0.2) is 0 Å². The van der Waals surface area contributed by atoms with Gasteiger partial charge in [0.25, 0.3) is 0 Å². The Morgan fingerprint density at radius 1 is 1.54 bits per heavy atom. The minimum Gasteiger partial charge on any atom is -0.478 e. The third kappa shape index (κ3) is 2.46. The first kappa shape index (κ1) is 10.1. The molecule has 0 aliphatic rings. The van der Waals surface area contributed by atoms with Gasteiger partial charge in [-0.1, -0.05) is 11.6 Å². The smallest absolute Gasteiger partial charge is 0.213 e. The summed E-state index contributed by atoms with van der Waals surface area (Å²) >= 11 is 5.79. The predicted octanol–water partition coefficient (Wildman–Crippen LogP) is 3.01. The average molecular weight is 198 g/mol. The molecule has 0 aromatic heterocycles. The Hall–Kier alpha value is -1.02. The van der Waals surface area contributed by atoms with E-state index in [-0.39, 0.29) is 5.90 Å². The van der Waals surface area contributed by atoms with Gasteiger partial charge < -0.3 is 4.74 Å². The molecule has 2 nitrogen and oxygen atoms in total. The van der Waals surface area contributed by atoms with Crippen molar-refractivity contribution in [2.45, 2.75) is 13.8 Å². The number of rotatable bonds is 2. The lowest BCUT2D eigenvalue weighted by atomic mass is 10.1. The van der Waals surface area contributed by atoms with Crippen molar-refractivity contribution in [3.63, 3.8) is 0 Å². The Morgan fingerprint density at radius 3 is 2.77 bits per heavy atom. The number of nitrogens with one attached hydrogen (secondary N) is 1. The summed E-state index contributed by atoms with van der Waals surface area (Å²) in [4.78, 5) is 0. The third-order valence-corrected chi connectivity index (χ3v) is 1.96. The molecular weight excluding hydrogens is 186 g/mol. The second-order valence-electron chi connectivity index (χ2n) is 2.72. The van der Waals surface area contributed by atoms with E-state index in [0.717, 1.165) is 11.1 Å². The van der Waals surface area contributed by atoms with Gasteiger partial charge in [0.2, 0.25) is 5.90 Å². The second-order valence-corrected chi connectivity index (χ2v) is 3.16. The van der Waals surface area contributed by atoms with Crippen LogP contribution in [0.25, 0.3) is 0 Å². The summed E-state index contributed by atoms with van der Waals surface area (Å²) in [7, 11) is 0. The molecule has 1 N–H and O–H groups in total. The molecule has 70 valence electrons. The summed E-state index contributed by atoms with van der Waals surface area (Å²) in [5.74, 6) is 0.205. The summed E-state index contributed by atoms with van der Waals surface area (Å²) in [6.45, 7) is 4.29. The molecule has 0 heterocycles. The molecule has 0 saturated heterocycles. The van der Waals surface area contributed by atoms with Crippen molar-refractivity contribution in [1.82, 2.24) is 0 Å². The normalized spacial score (nSPS) is 9.77. The highest BCUT2D eigenvalue weighted by Crippen LogP contribution is 2.15. The van der Waals surface area contributed by atoms with Crippen LogP contribution in [0.2, 0.25) is 5.02 Å². The van der Waals surface area contributed by atoms with Crippen molar-refractivity contribution < 1.29 is 4.74 Å². The lowest BCUT2D eigenvalue weighted by Gasteiger charge is -2.07. The van der Waals surface area contributed by atoms with Gasteiger partial charge >= 0.3 is 0 Å². The van der Waals surface area contributed by atoms with Gasteiger partial charge in [-0.3, -0.25) is 5.41 Å². The van der Waals surface area contributed by atoms with Gasteiger partial charge in [0, 0.05) is 10.6 Å². The zero-order chi connectivity index (χ0) is 9.84. The molecule has 1 rings (SSSR count). The highest BCUT2D eigenvalue weighted by atomic mass is 35.5. The van der Waals surface area contributed by atoms with Crippen LogP contribution in [-0.4, -0.2) is 12.5 Å². The van der Waals surface area contributed by atoms with Gasteiger partial charge in [0.1, 0.15) is 0 Å². The molecule has 0 aliphatic carbocycles. The van der Waals surface area contributed by atoms with Crippen LogP contribution in [-0.2, 0) is 4.74 Å². The minimum absolute atomic E-state index is 0.205. The van der Waals surface area contributed by atoms with Gasteiger partial charge in [-0.05, 0) is 37.6 Å². The molecule has 3 heteroatoms. The van der Waals surface area contributed by atoms with Gasteiger partial charge in [-0.25, -0.2) is 0 Å². The molecule has 13 heavy (non-hydrogen) atoms. The maximum absolute atomic E-state index is 7.58. The van der Waals surface area contributed by atoms with Crippen LogP contribution in [0.15, 0.2) is 18.2 Å². The van der Waals surface area contributed by atoms with E-state index in [1.165, 1.54) is 0 Å². The van der Waals surface area contributed by atoms with E-state index in [2.05, 4.69) is 0 Å². The number of benzene rings is 1.